The summed E-state index contributed by atoms with van der Waals surface area (Å²) in [6.45, 7) is 1.94. The molecular weight excluding hydrogens is 496 g/mol. The molecule has 4 aromatic rings. The summed E-state index contributed by atoms with van der Waals surface area (Å²) in [7, 11) is 0. The quantitative estimate of drug-likeness (QED) is 0.208. The lowest BCUT2D eigenvalue weighted by molar-refractivity contribution is -0.121. The molecule has 1 saturated heterocycles. The van der Waals surface area contributed by atoms with Crippen LogP contribution >= 0.6 is 11.8 Å². The van der Waals surface area contributed by atoms with Gasteiger partial charge in [-0.2, -0.15) is 10.2 Å². The van der Waals surface area contributed by atoms with Crippen LogP contribution in [0.5, 0.6) is 0 Å². The molecule has 1 aliphatic rings. The van der Waals surface area contributed by atoms with Crippen LogP contribution in [0.25, 0.3) is 0 Å². The van der Waals surface area contributed by atoms with Crippen molar-refractivity contribution >= 4 is 52.2 Å². The molecule has 8 heteroatoms. The fourth-order valence-electron chi connectivity index (χ4n) is 4.02. The van der Waals surface area contributed by atoms with Gasteiger partial charge in [-0.25, -0.2) is 4.90 Å². The van der Waals surface area contributed by atoms with Crippen LogP contribution in [0.4, 0.5) is 22.7 Å². The van der Waals surface area contributed by atoms with E-state index in [4.69, 9.17) is 0 Å². The third kappa shape index (κ3) is 5.87. The highest BCUT2D eigenvalue weighted by Gasteiger charge is 2.40. The first-order valence-electron chi connectivity index (χ1n) is 12.0. The largest absolute Gasteiger partial charge is 0.322 e. The van der Waals surface area contributed by atoms with E-state index in [1.807, 2.05) is 67.6 Å². The Morgan fingerprint density at radius 3 is 2.21 bits per heavy atom. The van der Waals surface area contributed by atoms with Gasteiger partial charge in [0.15, 0.2) is 0 Å². The summed E-state index contributed by atoms with van der Waals surface area (Å²) < 4.78 is 0. The van der Waals surface area contributed by atoms with Crippen molar-refractivity contribution in [2.24, 2.45) is 10.2 Å². The van der Waals surface area contributed by atoms with E-state index < -0.39 is 5.25 Å². The molecule has 1 fully saturated rings. The van der Waals surface area contributed by atoms with Crippen LogP contribution in [0.15, 0.2) is 118 Å². The number of nitrogens with one attached hydrogen (secondary N) is 1. The van der Waals surface area contributed by atoms with Gasteiger partial charge in [0.25, 0.3) is 5.91 Å². The zero-order valence-electron chi connectivity index (χ0n) is 20.6. The topological polar surface area (TPSA) is 91.2 Å². The predicted molar refractivity (Wildman–Crippen MR) is 149 cm³/mol. The number of carbonyl (C=O) groups excluding carboxylic acids is 3. The van der Waals surface area contributed by atoms with Gasteiger partial charge in [-0.05, 0) is 79.7 Å². The molecule has 0 bridgehead atoms. The molecular formula is C30H24N4O3S. The van der Waals surface area contributed by atoms with Crippen molar-refractivity contribution in [2.75, 3.05) is 10.2 Å². The minimum atomic E-state index is -0.521. The van der Waals surface area contributed by atoms with Crippen molar-refractivity contribution in [1.82, 2.24) is 0 Å². The first-order valence-corrected chi connectivity index (χ1v) is 12.9. The van der Waals surface area contributed by atoms with Gasteiger partial charge < -0.3 is 5.32 Å². The third-order valence-corrected chi connectivity index (χ3v) is 7.12. The van der Waals surface area contributed by atoms with Gasteiger partial charge in [0.05, 0.1) is 22.3 Å². The number of imide groups is 1. The van der Waals surface area contributed by atoms with E-state index in [1.54, 1.807) is 42.5 Å². The highest BCUT2D eigenvalue weighted by atomic mass is 32.2. The molecule has 188 valence electrons. The predicted octanol–water partition coefficient (Wildman–Crippen LogP) is 7.09. The minimum absolute atomic E-state index is 0.116. The molecule has 38 heavy (non-hydrogen) atoms. The maximum absolute atomic E-state index is 13.1. The molecule has 0 radical (unpaired) electrons. The van der Waals surface area contributed by atoms with Crippen molar-refractivity contribution in [3.63, 3.8) is 0 Å². The van der Waals surface area contributed by atoms with Gasteiger partial charge in [-0.3, -0.25) is 14.4 Å². The normalized spacial score (nSPS) is 15.3. The average molecular weight is 521 g/mol. The van der Waals surface area contributed by atoms with Crippen LogP contribution in [0, 0.1) is 6.92 Å². The summed E-state index contributed by atoms with van der Waals surface area (Å²) in [6, 6.07) is 30.9. The van der Waals surface area contributed by atoms with E-state index >= 15 is 0 Å². The first kappa shape index (κ1) is 25.1. The highest BCUT2D eigenvalue weighted by Crippen LogP contribution is 2.35. The maximum Gasteiger partial charge on any atom is 0.255 e. The fraction of sp³-hybridized carbons (Fsp3) is 0.100. The Morgan fingerprint density at radius 2 is 1.53 bits per heavy atom. The average Bonchev–Trinajstić information content (AvgIpc) is 3.21. The van der Waals surface area contributed by atoms with Gasteiger partial charge in [0.2, 0.25) is 11.8 Å². The lowest BCUT2D eigenvalue weighted by Gasteiger charge is -2.15. The Morgan fingerprint density at radius 1 is 0.842 bits per heavy atom. The molecule has 1 aliphatic heterocycles. The summed E-state index contributed by atoms with van der Waals surface area (Å²) in [5.74, 6) is -0.683. The Bertz CT molecular complexity index is 1500. The molecule has 0 aliphatic carbocycles. The second-order valence-electron chi connectivity index (χ2n) is 8.78. The van der Waals surface area contributed by atoms with E-state index in [2.05, 4.69) is 15.5 Å². The lowest BCUT2D eigenvalue weighted by Crippen LogP contribution is -2.30. The smallest absolute Gasteiger partial charge is 0.255 e. The van der Waals surface area contributed by atoms with Crippen LogP contribution in [0.2, 0.25) is 0 Å². The number of benzene rings is 4. The molecule has 1 unspecified atom stereocenters. The van der Waals surface area contributed by atoms with E-state index in [0.717, 1.165) is 16.1 Å². The van der Waals surface area contributed by atoms with Crippen molar-refractivity contribution in [2.45, 2.75) is 23.5 Å². The Hall–Kier alpha value is -4.56. The van der Waals surface area contributed by atoms with Gasteiger partial charge in [-0.1, -0.05) is 35.9 Å². The molecule has 1 atom stereocenters. The SMILES string of the molecule is Cc1cccc(C(=O)Nc2ccc(SC3CC(=O)N(c4ccc(N=Nc5ccccc5)cc4)C3=O)cc2)c1. The Kier molecular flexibility index (Phi) is 7.42. The number of carbonyl (C=O) groups is 3. The molecule has 7 nitrogen and oxygen atoms in total. The maximum atomic E-state index is 13.1. The Labute approximate surface area is 224 Å². The molecule has 1 N–H and O–H groups in total. The second-order valence-corrected chi connectivity index (χ2v) is 10.1. The minimum Gasteiger partial charge on any atom is -0.322 e. The molecule has 0 saturated carbocycles. The number of nitrogens with zero attached hydrogens (tertiary/aromatic N) is 3. The second kappa shape index (κ2) is 11.2. The monoisotopic (exact) mass is 520 g/mol. The number of amides is 3. The van der Waals surface area contributed by atoms with E-state index in [0.29, 0.717) is 22.6 Å². The van der Waals surface area contributed by atoms with E-state index in [9.17, 15) is 14.4 Å². The third-order valence-electron chi connectivity index (χ3n) is 5.92. The highest BCUT2D eigenvalue weighted by molar-refractivity contribution is 8.00. The van der Waals surface area contributed by atoms with Gasteiger partial charge >= 0.3 is 0 Å². The molecule has 1 heterocycles. The fourth-order valence-corrected chi connectivity index (χ4v) is 5.07. The number of hydrogen-bond acceptors (Lipinski definition) is 6. The van der Waals surface area contributed by atoms with Gasteiger partial charge in [0.1, 0.15) is 0 Å². The van der Waals surface area contributed by atoms with Crippen LogP contribution < -0.4 is 10.2 Å². The summed E-state index contributed by atoms with van der Waals surface area (Å²) >= 11 is 1.34. The molecule has 3 amide bonds. The number of thioether (sulfide) groups is 1. The van der Waals surface area contributed by atoms with Crippen LogP contribution in [0.1, 0.15) is 22.3 Å². The van der Waals surface area contributed by atoms with Crippen molar-refractivity contribution in [3.05, 3.63) is 114 Å². The van der Waals surface area contributed by atoms with Crippen LogP contribution in [-0.4, -0.2) is 23.0 Å². The summed E-state index contributed by atoms with van der Waals surface area (Å²) in [4.78, 5) is 40.4. The van der Waals surface area contributed by atoms with Crippen molar-refractivity contribution < 1.29 is 14.4 Å². The van der Waals surface area contributed by atoms with Crippen LogP contribution in [0.3, 0.4) is 0 Å². The van der Waals surface area contributed by atoms with Crippen molar-refractivity contribution in [3.8, 4) is 0 Å². The van der Waals surface area contributed by atoms with Crippen LogP contribution in [-0.2, 0) is 9.59 Å². The standard InChI is InChI=1S/C30H24N4O3S/c1-20-6-5-7-21(18-20)29(36)31-22-12-16-26(17-13-22)38-27-19-28(35)34(30(27)37)25-14-10-24(11-15-25)33-32-23-8-3-2-4-9-23/h2-18,27H,19H2,1H3,(H,31,36). The molecule has 0 aromatic heterocycles. The summed E-state index contributed by atoms with van der Waals surface area (Å²) in [6.07, 6.45) is 0.116. The summed E-state index contributed by atoms with van der Waals surface area (Å²) in [5.41, 5.74) is 4.13. The molecule has 0 spiro atoms. The van der Waals surface area contributed by atoms with E-state index in [1.165, 1.54) is 16.7 Å². The zero-order chi connectivity index (χ0) is 26.5. The first-order chi connectivity index (χ1) is 18.5. The van der Waals surface area contributed by atoms with E-state index in [-0.39, 0.29) is 24.1 Å². The zero-order valence-corrected chi connectivity index (χ0v) is 21.4. The number of aryl methyl sites for hydroxylation is 1. The number of azo groups is 1. The molecule has 5 rings (SSSR count). The lowest BCUT2D eigenvalue weighted by atomic mass is 10.1. The Balaban J connectivity index is 1.20. The summed E-state index contributed by atoms with van der Waals surface area (Å²) in [5, 5.41) is 10.8. The number of anilines is 2. The van der Waals surface area contributed by atoms with Gasteiger partial charge in [0, 0.05) is 22.6 Å². The number of rotatable bonds is 7. The number of hydrogen-bond donors (Lipinski definition) is 1. The van der Waals surface area contributed by atoms with Gasteiger partial charge in [-0.15, -0.1) is 11.8 Å². The molecule has 4 aromatic carbocycles. The van der Waals surface area contributed by atoms with Crippen molar-refractivity contribution in [1.29, 1.82) is 0 Å².